The van der Waals surface area contributed by atoms with Crippen molar-refractivity contribution in [1.29, 1.82) is 0 Å². The Labute approximate surface area is 69.7 Å². The number of hydrogen-bond donors (Lipinski definition) is 1. The van der Waals surface area contributed by atoms with Crippen molar-refractivity contribution in [3.8, 4) is 11.5 Å². The Morgan fingerprint density at radius 1 is 1.25 bits per heavy atom. The van der Waals surface area contributed by atoms with Gasteiger partial charge < -0.3 is 4.98 Å². The van der Waals surface area contributed by atoms with Crippen molar-refractivity contribution in [1.82, 2.24) is 20.2 Å². The highest BCUT2D eigenvalue weighted by Crippen LogP contribution is 2.08. The molecule has 0 saturated heterocycles. The third-order valence-electron chi connectivity index (χ3n) is 1.51. The third-order valence-corrected chi connectivity index (χ3v) is 1.51. The van der Waals surface area contributed by atoms with Crippen LogP contribution in [0.1, 0.15) is 5.82 Å². The Balaban J connectivity index is 2.45. The lowest BCUT2D eigenvalue weighted by Crippen LogP contribution is -1.83. The Bertz CT molecular complexity index is 366. The highest BCUT2D eigenvalue weighted by atomic mass is 15.2. The number of rotatable bonds is 1. The molecule has 0 aromatic carbocycles. The predicted octanol–water partition coefficient (Wildman–Crippen LogP) is 1.18. The van der Waals surface area contributed by atoms with Crippen LogP contribution >= 0.6 is 0 Å². The van der Waals surface area contributed by atoms with Gasteiger partial charge in [0.05, 0.1) is 0 Å². The van der Waals surface area contributed by atoms with Gasteiger partial charge in [-0.2, -0.15) is 0 Å². The molecule has 0 fully saturated rings. The molecule has 2 aromatic heterocycles. The van der Waals surface area contributed by atoms with Gasteiger partial charge in [-0.25, -0.2) is 0 Å². The summed E-state index contributed by atoms with van der Waals surface area (Å²) in [4.78, 5) is 7.14. The number of nitrogens with one attached hydrogen (secondary N) is 1. The number of nitrogens with zero attached hydrogens (tertiary/aromatic N) is 3. The van der Waals surface area contributed by atoms with Crippen LogP contribution in [0, 0.1) is 6.92 Å². The Morgan fingerprint density at radius 3 is 2.75 bits per heavy atom. The number of pyridine rings is 1. The summed E-state index contributed by atoms with van der Waals surface area (Å²) in [6, 6.07) is 5.67. The summed E-state index contributed by atoms with van der Waals surface area (Å²) in [6.07, 6.45) is 1.73. The number of aromatic amines is 1. The molecule has 2 aromatic rings. The maximum Gasteiger partial charge on any atom is 0.179 e. The van der Waals surface area contributed by atoms with Crippen LogP contribution in [0.4, 0.5) is 0 Å². The number of hydrogen-bond acceptors (Lipinski definition) is 3. The lowest BCUT2D eigenvalue weighted by molar-refractivity contribution is 1.04. The van der Waals surface area contributed by atoms with Crippen LogP contribution in [0.15, 0.2) is 24.4 Å². The Morgan fingerprint density at radius 2 is 2.17 bits per heavy atom. The first-order valence-corrected chi connectivity index (χ1v) is 3.67. The van der Waals surface area contributed by atoms with E-state index < -0.39 is 0 Å². The quantitative estimate of drug-likeness (QED) is 0.681. The fourth-order valence-corrected chi connectivity index (χ4v) is 0.964. The molecular weight excluding hydrogens is 152 g/mol. The minimum Gasteiger partial charge on any atom is -0.324 e. The minimum absolute atomic E-state index is 0.716. The molecule has 0 spiro atoms. The molecule has 12 heavy (non-hydrogen) atoms. The highest BCUT2D eigenvalue weighted by molar-refractivity contribution is 5.47. The molecule has 2 heterocycles. The predicted molar refractivity (Wildman–Crippen MR) is 44.4 cm³/mol. The van der Waals surface area contributed by atoms with Crippen LogP contribution in [0.5, 0.6) is 0 Å². The van der Waals surface area contributed by atoms with E-state index in [4.69, 9.17) is 0 Å². The second kappa shape index (κ2) is 2.73. The lowest BCUT2D eigenvalue weighted by Gasteiger charge is -1.90. The monoisotopic (exact) mass is 160 g/mol. The summed E-state index contributed by atoms with van der Waals surface area (Å²) in [5, 5.41) is 7.77. The molecule has 0 bridgehead atoms. The van der Waals surface area contributed by atoms with Crippen molar-refractivity contribution in [2.75, 3.05) is 0 Å². The molecule has 0 aliphatic heterocycles. The van der Waals surface area contributed by atoms with E-state index >= 15 is 0 Å². The van der Waals surface area contributed by atoms with Gasteiger partial charge in [-0.3, -0.25) is 4.98 Å². The van der Waals surface area contributed by atoms with E-state index in [0.717, 1.165) is 11.5 Å². The van der Waals surface area contributed by atoms with Gasteiger partial charge in [0.15, 0.2) is 5.82 Å². The van der Waals surface area contributed by atoms with Gasteiger partial charge in [0.25, 0.3) is 0 Å². The molecule has 0 radical (unpaired) electrons. The summed E-state index contributed by atoms with van der Waals surface area (Å²) in [6.45, 7) is 1.86. The molecule has 4 heteroatoms. The smallest absolute Gasteiger partial charge is 0.179 e. The molecule has 0 unspecified atom stereocenters. The van der Waals surface area contributed by atoms with Gasteiger partial charge in [-0.15, -0.1) is 10.2 Å². The lowest BCUT2D eigenvalue weighted by atomic mass is 10.3. The van der Waals surface area contributed by atoms with Gasteiger partial charge in [0, 0.05) is 6.20 Å². The van der Waals surface area contributed by atoms with E-state index in [1.54, 1.807) is 6.20 Å². The van der Waals surface area contributed by atoms with Gasteiger partial charge in [0.2, 0.25) is 0 Å². The van der Waals surface area contributed by atoms with Crippen molar-refractivity contribution in [3.63, 3.8) is 0 Å². The molecule has 0 aliphatic rings. The normalized spacial score (nSPS) is 10.1. The van der Waals surface area contributed by atoms with E-state index in [1.165, 1.54) is 0 Å². The second-order valence-corrected chi connectivity index (χ2v) is 2.47. The molecule has 0 atom stereocenters. The van der Waals surface area contributed by atoms with Crippen molar-refractivity contribution in [3.05, 3.63) is 30.2 Å². The Hall–Kier alpha value is -1.71. The van der Waals surface area contributed by atoms with Gasteiger partial charge in [0.1, 0.15) is 11.5 Å². The number of aromatic nitrogens is 4. The van der Waals surface area contributed by atoms with Crippen LogP contribution in [0.3, 0.4) is 0 Å². The average molecular weight is 160 g/mol. The minimum atomic E-state index is 0.716. The summed E-state index contributed by atoms with van der Waals surface area (Å²) in [7, 11) is 0. The van der Waals surface area contributed by atoms with Crippen LogP contribution in [-0.4, -0.2) is 20.2 Å². The topological polar surface area (TPSA) is 54.5 Å². The highest BCUT2D eigenvalue weighted by Gasteiger charge is 2.01. The summed E-state index contributed by atoms with van der Waals surface area (Å²) in [5.41, 5.74) is 0.818. The van der Waals surface area contributed by atoms with Gasteiger partial charge >= 0.3 is 0 Å². The molecule has 0 aliphatic carbocycles. The van der Waals surface area contributed by atoms with Crippen molar-refractivity contribution in [2.24, 2.45) is 0 Å². The van der Waals surface area contributed by atoms with E-state index in [2.05, 4.69) is 20.2 Å². The standard InChI is InChI=1S/C8H8N4/c1-6-10-8(12-11-6)7-4-2-3-5-9-7/h2-5H,1H3,(H,10,11,12). The zero-order valence-electron chi connectivity index (χ0n) is 6.65. The van der Waals surface area contributed by atoms with Crippen LogP contribution in [-0.2, 0) is 0 Å². The SMILES string of the molecule is Cc1nnc(-c2ccccn2)[nH]1. The fourth-order valence-electron chi connectivity index (χ4n) is 0.964. The first kappa shape index (κ1) is 6.97. The largest absolute Gasteiger partial charge is 0.324 e. The van der Waals surface area contributed by atoms with Crippen LogP contribution < -0.4 is 0 Å². The maximum atomic E-state index is 4.13. The zero-order valence-corrected chi connectivity index (χ0v) is 6.65. The fraction of sp³-hybridized carbons (Fsp3) is 0.125. The van der Waals surface area contributed by atoms with Crippen molar-refractivity contribution < 1.29 is 0 Å². The molecular formula is C8H8N4. The summed E-state index contributed by atoms with van der Waals surface area (Å²) < 4.78 is 0. The van der Waals surface area contributed by atoms with E-state index in [9.17, 15) is 0 Å². The molecule has 60 valence electrons. The first-order chi connectivity index (χ1) is 5.86. The molecule has 2 rings (SSSR count). The first-order valence-electron chi connectivity index (χ1n) is 3.67. The number of H-pyrrole nitrogens is 1. The molecule has 0 amide bonds. The average Bonchev–Trinajstić information content (AvgIpc) is 2.54. The summed E-state index contributed by atoms with van der Waals surface area (Å²) in [5.74, 6) is 1.52. The van der Waals surface area contributed by atoms with Gasteiger partial charge in [-0.1, -0.05) is 6.07 Å². The van der Waals surface area contributed by atoms with E-state index in [0.29, 0.717) is 5.82 Å². The second-order valence-electron chi connectivity index (χ2n) is 2.47. The van der Waals surface area contributed by atoms with Crippen molar-refractivity contribution in [2.45, 2.75) is 6.92 Å². The van der Waals surface area contributed by atoms with E-state index in [-0.39, 0.29) is 0 Å². The third kappa shape index (κ3) is 1.18. The molecule has 0 saturated carbocycles. The summed E-state index contributed by atoms with van der Waals surface area (Å²) >= 11 is 0. The Kier molecular flexibility index (Phi) is 1.59. The maximum absolute atomic E-state index is 4.13. The van der Waals surface area contributed by atoms with Gasteiger partial charge in [-0.05, 0) is 19.1 Å². The molecule has 4 nitrogen and oxygen atoms in total. The van der Waals surface area contributed by atoms with Crippen LogP contribution in [0.25, 0.3) is 11.5 Å². The van der Waals surface area contributed by atoms with Crippen molar-refractivity contribution >= 4 is 0 Å². The molecule has 1 N–H and O–H groups in total. The number of aryl methyl sites for hydroxylation is 1. The van der Waals surface area contributed by atoms with Crippen LogP contribution in [0.2, 0.25) is 0 Å². The van der Waals surface area contributed by atoms with E-state index in [1.807, 2.05) is 25.1 Å². The zero-order chi connectivity index (χ0) is 8.39.